The Kier molecular flexibility index (Phi) is 5.66. The van der Waals surface area contributed by atoms with E-state index in [1.54, 1.807) is 18.3 Å². The third-order valence-corrected chi connectivity index (χ3v) is 5.89. The predicted octanol–water partition coefficient (Wildman–Crippen LogP) is 6.50. The van der Waals surface area contributed by atoms with E-state index in [2.05, 4.69) is 41.9 Å². The number of benzene rings is 3. The smallest absolute Gasteiger partial charge is 0.267 e. The number of fused-ring (bicyclic) bond motifs is 1. The second kappa shape index (κ2) is 8.34. The lowest BCUT2D eigenvalue weighted by atomic mass is 10.2. The Bertz CT molecular complexity index is 1170. The highest BCUT2D eigenvalue weighted by atomic mass is 79.9. The van der Waals surface area contributed by atoms with E-state index in [-0.39, 0.29) is 5.91 Å². The van der Waals surface area contributed by atoms with E-state index in [9.17, 15) is 4.79 Å². The summed E-state index contributed by atoms with van der Waals surface area (Å²) in [5.74, 6) is -0.244. The maximum Gasteiger partial charge on any atom is 0.280 e. The minimum absolute atomic E-state index is 0.244. The van der Waals surface area contributed by atoms with Gasteiger partial charge in [0.2, 0.25) is 5.13 Å². The molecule has 138 valence electrons. The fourth-order valence-corrected chi connectivity index (χ4v) is 4.45. The largest absolute Gasteiger partial charge is 0.280 e. The third-order valence-electron chi connectivity index (χ3n) is 3.91. The van der Waals surface area contributed by atoms with Gasteiger partial charge in [0.15, 0.2) is 0 Å². The molecule has 3 aromatic carbocycles. The summed E-state index contributed by atoms with van der Waals surface area (Å²) in [6.07, 6.45) is 1.66. The quantitative estimate of drug-likeness (QED) is 0.230. The number of nitrogens with zero attached hydrogens (tertiary/aromatic N) is 3. The molecule has 0 N–H and O–H groups in total. The number of anilines is 1. The zero-order chi connectivity index (χ0) is 19.5. The summed E-state index contributed by atoms with van der Waals surface area (Å²) in [6.45, 7) is 0. The van der Waals surface area contributed by atoms with Crippen LogP contribution in [0.5, 0.6) is 0 Å². The molecule has 1 heterocycles. The first kappa shape index (κ1) is 19.0. The van der Waals surface area contributed by atoms with E-state index >= 15 is 0 Å². The van der Waals surface area contributed by atoms with Gasteiger partial charge < -0.3 is 0 Å². The van der Waals surface area contributed by atoms with Crippen molar-refractivity contribution in [3.8, 4) is 0 Å². The van der Waals surface area contributed by atoms with E-state index in [4.69, 9.17) is 0 Å². The molecule has 0 saturated heterocycles. The molecule has 0 spiro atoms. The Labute approximate surface area is 182 Å². The van der Waals surface area contributed by atoms with Crippen LogP contribution in [0.25, 0.3) is 10.2 Å². The summed E-state index contributed by atoms with van der Waals surface area (Å²) in [5.41, 5.74) is 2.25. The van der Waals surface area contributed by atoms with Crippen molar-refractivity contribution in [1.82, 2.24) is 4.98 Å². The highest BCUT2D eigenvalue weighted by Crippen LogP contribution is 2.32. The predicted molar refractivity (Wildman–Crippen MR) is 122 cm³/mol. The minimum Gasteiger partial charge on any atom is -0.267 e. The van der Waals surface area contributed by atoms with Crippen LogP contribution in [0.15, 0.2) is 86.8 Å². The van der Waals surface area contributed by atoms with Gasteiger partial charge in [-0.1, -0.05) is 79.6 Å². The monoisotopic (exact) mass is 513 g/mol. The number of hydrazone groups is 1. The van der Waals surface area contributed by atoms with Gasteiger partial charge in [-0.15, -0.1) is 0 Å². The topological polar surface area (TPSA) is 45.6 Å². The molecule has 28 heavy (non-hydrogen) atoms. The number of hydrogen-bond acceptors (Lipinski definition) is 4. The second-order valence-corrected chi connectivity index (χ2v) is 8.73. The van der Waals surface area contributed by atoms with Crippen molar-refractivity contribution < 1.29 is 4.79 Å². The Balaban J connectivity index is 1.77. The molecule has 0 bridgehead atoms. The normalized spacial score (nSPS) is 11.2. The first-order valence-electron chi connectivity index (χ1n) is 8.35. The number of carbonyl (C=O) groups excluding carboxylic acids is 1. The number of amides is 1. The van der Waals surface area contributed by atoms with Crippen LogP contribution in [0.1, 0.15) is 15.9 Å². The van der Waals surface area contributed by atoms with Crippen LogP contribution in [0.3, 0.4) is 0 Å². The standard InChI is InChI=1S/C21H13Br2N3OS/c22-16-8-4-7-15(11-16)20(27)26(24-13-14-5-2-1-3-6-14)21-25-18-10-9-17(23)12-19(18)28-21/h1-13H/b24-13+. The summed E-state index contributed by atoms with van der Waals surface area (Å²) in [4.78, 5) is 17.8. The molecular formula is C21H13Br2N3OS. The van der Waals surface area contributed by atoms with Crippen LogP contribution in [0, 0.1) is 0 Å². The van der Waals surface area contributed by atoms with E-state index in [1.165, 1.54) is 16.3 Å². The fraction of sp³-hybridized carbons (Fsp3) is 0. The van der Waals surface area contributed by atoms with Crippen molar-refractivity contribution >= 4 is 70.7 Å². The van der Waals surface area contributed by atoms with Gasteiger partial charge in [-0.25, -0.2) is 4.98 Å². The maximum absolute atomic E-state index is 13.2. The molecule has 0 unspecified atom stereocenters. The van der Waals surface area contributed by atoms with Crippen molar-refractivity contribution in [3.63, 3.8) is 0 Å². The molecule has 0 radical (unpaired) electrons. The molecule has 7 heteroatoms. The fourth-order valence-electron chi connectivity index (χ4n) is 2.57. The van der Waals surface area contributed by atoms with Crippen molar-refractivity contribution in [1.29, 1.82) is 0 Å². The van der Waals surface area contributed by atoms with Gasteiger partial charge in [0.1, 0.15) is 0 Å². The van der Waals surface area contributed by atoms with Gasteiger partial charge in [-0.05, 0) is 42.0 Å². The van der Waals surface area contributed by atoms with Gasteiger partial charge in [-0.2, -0.15) is 10.1 Å². The third kappa shape index (κ3) is 4.22. The highest BCUT2D eigenvalue weighted by molar-refractivity contribution is 9.10. The van der Waals surface area contributed by atoms with Crippen LogP contribution in [0.2, 0.25) is 0 Å². The second-order valence-electron chi connectivity index (χ2n) is 5.89. The van der Waals surface area contributed by atoms with E-state index in [0.29, 0.717) is 10.7 Å². The van der Waals surface area contributed by atoms with Gasteiger partial charge in [0.05, 0.1) is 16.4 Å². The summed E-state index contributed by atoms with van der Waals surface area (Å²) in [6, 6.07) is 22.7. The molecule has 0 aliphatic heterocycles. The number of thiazole rings is 1. The zero-order valence-electron chi connectivity index (χ0n) is 14.4. The Morgan fingerprint density at radius 1 is 0.964 bits per heavy atom. The molecule has 0 aliphatic carbocycles. The van der Waals surface area contributed by atoms with Crippen LogP contribution < -0.4 is 5.01 Å². The zero-order valence-corrected chi connectivity index (χ0v) is 18.4. The Morgan fingerprint density at radius 2 is 1.75 bits per heavy atom. The average molecular weight is 515 g/mol. The van der Waals surface area contributed by atoms with Crippen LogP contribution in [-0.4, -0.2) is 17.1 Å². The lowest BCUT2D eigenvalue weighted by molar-refractivity contribution is 0.0988. The number of rotatable bonds is 4. The van der Waals surface area contributed by atoms with E-state index < -0.39 is 0 Å². The molecule has 4 rings (SSSR count). The van der Waals surface area contributed by atoms with E-state index in [1.807, 2.05) is 60.7 Å². The first-order valence-corrected chi connectivity index (χ1v) is 10.8. The Hall–Kier alpha value is -2.35. The van der Waals surface area contributed by atoms with Crippen LogP contribution >= 0.6 is 43.2 Å². The molecule has 0 aliphatic rings. The van der Waals surface area contributed by atoms with Crippen LogP contribution in [0.4, 0.5) is 5.13 Å². The average Bonchev–Trinajstić information content (AvgIpc) is 3.11. The number of aromatic nitrogens is 1. The summed E-state index contributed by atoms with van der Waals surface area (Å²) in [7, 11) is 0. The van der Waals surface area contributed by atoms with E-state index in [0.717, 1.165) is 24.7 Å². The maximum atomic E-state index is 13.2. The molecule has 0 atom stereocenters. The van der Waals surface area contributed by atoms with Crippen molar-refractivity contribution in [2.45, 2.75) is 0 Å². The van der Waals surface area contributed by atoms with Crippen molar-refractivity contribution in [2.24, 2.45) is 5.10 Å². The first-order chi connectivity index (χ1) is 13.6. The highest BCUT2D eigenvalue weighted by Gasteiger charge is 2.21. The van der Waals surface area contributed by atoms with Crippen molar-refractivity contribution in [3.05, 3.63) is 92.9 Å². The molecule has 0 saturated carbocycles. The Morgan fingerprint density at radius 3 is 2.54 bits per heavy atom. The lowest BCUT2D eigenvalue weighted by Crippen LogP contribution is -2.25. The number of carbonyl (C=O) groups is 1. The summed E-state index contributed by atoms with van der Waals surface area (Å²) < 4.78 is 2.78. The molecule has 0 fully saturated rings. The lowest BCUT2D eigenvalue weighted by Gasteiger charge is -2.14. The number of hydrogen-bond donors (Lipinski definition) is 0. The molecule has 4 nitrogen and oxygen atoms in total. The summed E-state index contributed by atoms with van der Waals surface area (Å²) in [5, 5.41) is 6.34. The molecular weight excluding hydrogens is 502 g/mol. The van der Waals surface area contributed by atoms with Gasteiger partial charge in [-0.3, -0.25) is 4.79 Å². The number of halogens is 2. The van der Waals surface area contributed by atoms with Gasteiger partial charge in [0, 0.05) is 14.5 Å². The van der Waals surface area contributed by atoms with Crippen LogP contribution in [-0.2, 0) is 0 Å². The SMILES string of the molecule is O=C(c1cccc(Br)c1)N(/N=C/c1ccccc1)c1nc2ccc(Br)cc2s1. The summed E-state index contributed by atoms with van der Waals surface area (Å²) >= 11 is 8.32. The van der Waals surface area contributed by atoms with Gasteiger partial charge in [0.25, 0.3) is 5.91 Å². The van der Waals surface area contributed by atoms with Gasteiger partial charge >= 0.3 is 0 Å². The molecule has 4 aromatic rings. The van der Waals surface area contributed by atoms with Crippen molar-refractivity contribution in [2.75, 3.05) is 5.01 Å². The molecule has 1 aromatic heterocycles. The minimum atomic E-state index is -0.244. The molecule has 1 amide bonds.